The van der Waals surface area contributed by atoms with Crippen molar-refractivity contribution in [3.8, 4) is 12.3 Å². The van der Waals surface area contributed by atoms with Gasteiger partial charge in [0.15, 0.2) is 0 Å². The van der Waals surface area contributed by atoms with Crippen molar-refractivity contribution in [3.05, 3.63) is 33.3 Å². The maximum absolute atomic E-state index is 6.08. The standard InChI is InChI=1S/C11H11BrClN/c1-3-6-14-8(2)10-5-4-9(12)7-11(10)13/h1,4-5,7-8,14H,6H2,2H3. The fourth-order valence-corrected chi connectivity index (χ4v) is 2.01. The molecule has 74 valence electrons. The quantitative estimate of drug-likeness (QED) is 0.832. The predicted octanol–water partition coefficient (Wildman–Crippen LogP) is 3.39. The van der Waals surface area contributed by atoms with Gasteiger partial charge in [-0.05, 0) is 24.6 Å². The Balaban J connectivity index is 2.80. The SMILES string of the molecule is C#CCNC(C)c1ccc(Br)cc1Cl. The lowest BCUT2D eigenvalue weighted by Gasteiger charge is -2.13. The second-order valence-electron chi connectivity index (χ2n) is 2.97. The fraction of sp³-hybridized carbons (Fsp3) is 0.273. The minimum atomic E-state index is 0.173. The molecule has 1 nitrogen and oxygen atoms in total. The summed E-state index contributed by atoms with van der Waals surface area (Å²) < 4.78 is 0.982. The lowest BCUT2D eigenvalue weighted by atomic mass is 10.1. The average Bonchev–Trinajstić information content (AvgIpc) is 2.14. The van der Waals surface area contributed by atoms with Gasteiger partial charge in [0.1, 0.15) is 0 Å². The monoisotopic (exact) mass is 271 g/mol. The van der Waals surface area contributed by atoms with Crippen LogP contribution >= 0.6 is 27.5 Å². The van der Waals surface area contributed by atoms with Crippen molar-refractivity contribution in [1.29, 1.82) is 0 Å². The van der Waals surface area contributed by atoms with E-state index in [1.807, 2.05) is 25.1 Å². The van der Waals surface area contributed by atoms with Gasteiger partial charge in [0, 0.05) is 15.5 Å². The van der Waals surface area contributed by atoms with E-state index < -0.39 is 0 Å². The molecule has 0 bridgehead atoms. The molecular formula is C11H11BrClN. The molecule has 0 heterocycles. The molecule has 0 aliphatic carbocycles. The van der Waals surface area contributed by atoms with Crippen LogP contribution in [0.25, 0.3) is 0 Å². The summed E-state index contributed by atoms with van der Waals surface area (Å²) in [4.78, 5) is 0. The maximum Gasteiger partial charge on any atom is 0.0578 e. The molecule has 1 unspecified atom stereocenters. The summed E-state index contributed by atoms with van der Waals surface area (Å²) in [7, 11) is 0. The summed E-state index contributed by atoms with van der Waals surface area (Å²) >= 11 is 9.44. The van der Waals surface area contributed by atoms with Crippen molar-refractivity contribution in [2.75, 3.05) is 6.54 Å². The molecule has 0 amide bonds. The summed E-state index contributed by atoms with van der Waals surface area (Å²) in [5.41, 5.74) is 1.06. The zero-order valence-corrected chi connectivity index (χ0v) is 10.2. The maximum atomic E-state index is 6.08. The van der Waals surface area contributed by atoms with E-state index in [9.17, 15) is 0 Å². The molecule has 0 aliphatic heterocycles. The molecule has 0 aliphatic rings. The van der Waals surface area contributed by atoms with E-state index in [2.05, 4.69) is 27.2 Å². The normalized spacial score (nSPS) is 12.1. The zero-order chi connectivity index (χ0) is 10.6. The van der Waals surface area contributed by atoms with Crippen molar-refractivity contribution < 1.29 is 0 Å². The van der Waals surface area contributed by atoms with E-state index in [4.69, 9.17) is 18.0 Å². The van der Waals surface area contributed by atoms with Gasteiger partial charge in [-0.1, -0.05) is 39.5 Å². The molecule has 1 aromatic rings. The minimum absolute atomic E-state index is 0.173. The van der Waals surface area contributed by atoms with Crippen LogP contribution in [0.3, 0.4) is 0 Å². The molecule has 1 rings (SSSR count). The van der Waals surface area contributed by atoms with Gasteiger partial charge in [0.05, 0.1) is 6.54 Å². The number of benzene rings is 1. The van der Waals surface area contributed by atoms with E-state index in [0.717, 1.165) is 15.1 Å². The van der Waals surface area contributed by atoms with Crippen LogP contribution in [-0.2, 0) is 0 Å². The Kier molecular flexibility index (Phi) is 4.47. The van der Waals surface area contributed by atoms with Crippen LogP contribution < -0.4 is 5.32 Å². The Labute approximate surface area is 98.0 Å². The number of terminal acetylenes is 1. The molecule has 0 radical (unpaired) electrons. The van der Waals surface area contributed by atoms with Gasteiger partial charge in [-0.3, -0.25) is 5.32 Å². The van der Waals surface area contributed by atoms with Crippen molar-refractivity contribution >= 4 is 27.5 Å². The summed E-state index contributed by atoms with van der Waals surface area (Å²) in [6, 6.07) is 6.01. The Morgan fingerprint density at radius 1 is 1.64 bits per heavy atom. The summed E-state index contributed by atoms with van der Waals surface area (Å²) in [5, 5.41) is 3.92. The van der Waals surface area contributed by atoms with Crippen LogP contribution in [0.5, 0.6) is 0 Å². The van der Waals surface area contributed by atoms with Crippen LogP contribution in [0.15, 0.2) is 22.7 Å². The van der Waals surface area contributed by atoms with Gasteiger partial charge in [-0.2, -0.15) is 0 Å². The van der Waals surface area contributed by atoms with Gasteiger partial charge in [0.2, 0.25) is 0 Å². The molecule has 14 heavy (non-hydrogen) atoms. The number of nitrogens with one attached hydrogen (secondary N) is 1. The van der Waals surface area contributed by atoms with E-state index in [1.165, 1.54) is 0 Å². The van der Waals surface area contributed by atoms with Crippen molar-refractivity contribution in [2.24, 2.45) is 0 Å². The molecule has 1 N–H and O–H groups in total. The molecule has 1 atom stereocenters. The predicted molar refractivity (Wildman–Crippen MR) is 64.4 cm³/mol. The highest BCUT2D eigenvalue weighted by molar-refractivity contribution is 9.10. The van der Waals surface area contributed by atoms with Crippen LogP contribution in [0.2, 0.25) is 5.02 Å². The fourth-order valence-electron chi connectivity index (χ4n) is 1.17. The number of halogens is 2. The number of hydrogen-bond acceptors (Lipinski definition) is 1. The van der Waals surface area contributed by atoms with E-state index in [1.54, 1.807) is 0 Å². The second kappa shape index (κ2) is 5.41. The second-order valence-corrected chi connectivity index (χ2v) is 4.30. The Hall–Kier alpha value is -0.490. The van der Waals surface area contributed by atoms with Crippen LogP contribution in [0.1, 0.15) is 18.5 Å². The first-order chi connectivity index (χ1) is 6.65. The molecule has 0 fully saturated rings. The van der Waals surface area contributed by atoms with Crippen LogP contribution in [-0.4, -0.2) is 6.54 Å². The third kappa shape index (κ3) is 3.02. The highest BCUT2D eigenvalue weighted by Crippen LogP contribution is 2.25. The van der Waals surface area contributed by atoms with Gasteiger partial charge < -0.3 is 0 Å². The van der Waals surface area contributed by atoms with E-state index >= 15 is 0 Å². The van der Waals surface area contributed by atoms with Crippen LogP contribution in [0, 0.1) is 12.3 Å². The number of hydrogen-bond donors (Lipinski definition) is 1. The first-order valence-electron chi connectivity index (χ1n) is 4.27. The summed E-state index contributed by atoms with van der Waals surface area (Å²) in [5.74, 6) is 2.54. The van der Waals surface area contributed by atoms with Crippen molar-refractivity contribution in [1.82, 2.24) is 5.32 Å². The molecule has 0 saturated carbocycles. The molecular weight excluding hydrogens is 261 g/mol. The highest BCUT2D eigenvalue weighted by atomic mass is 79.9. The van der Waals surface area contributed by atoms with Crippen LogP contribution in [0.4, 0.5) is 0 Å². The first-order valence-corrected chi connectivity index (χ1v) is 5.44. The van der Waals surface area contributed by atoms with E-state index in [0.29, 0.717) is 6.54 Å². The molecule has 0 saturated heterocycles. The van der Waals surface area contributed by atoms with Gasteiger partial charge >= 0.3 is 0 Å². The molecule has 0 aromatic heterocycles. The van der Waals surface area contributed by atoms with Gasteiger partial charge in [0.25, 0.3) is 0 Å². The third-order valence-electron chi connectivity index (χ3n) is 1.94. The van der Waals surface area contributed by atoms with Gasteiger partial charge in [-0.25, -0.2) is 0 Å². The Bertz CT molecular complexity index is 357. The third-order valence-corrected chi connectivity index (χ3v) is 2.76. The van der Waals surface area contributed by atoms with Gasteiger partial charge in [-0.15, -0.1) is 6.42 Å². The highest BCUT2D eigenvalue weighted by Gasteiger charge is 2.08. The Morgan fingerprint density at radius 3 is 2.93 bits per heavy atom. The molecule has 0 spiro atoms. The first kappa shape index (κ1) is 11.6. The largest absolute Gasteiger partial charge is 0.300 e. The Morgan fingerprint density at radius 2 is 2.36 bits per heavy atom. The average molecular weight is 273 g/mol. The van der Waals surface area contributed by atoms with E-state index in [-0.39, 0.29) is 6.04 Å². The molecule has 1 aromatic carbocycles. The smallest absolute Gasteiger partial charge is 0.0578 e. The lowest BCUT2D eigenvalue weighted by Crippen LogP contribution is -2.18. The summed E-state index contributed by atoms with van der Waals surface area (Å²) in [6.07, 6.45) is 5.16. The topological polar surface area (TPSA) is 12.0 Å². The summed E-state index contributed by atoms with van der Waals surface area (Å²) in [6.45, 7) is 2.58. The molecule has 3 heteroatoms. The number of rotatable bonds is 3. The van der Waals surface area contributed by atoms with Crippen molar-refractivity contribution in [3.63, 3.8) is 0 Å². The van der Waals surface area contributed by atoms with Crippen molar-refractivity contribution in [2.45, 2.75) is 13.0 Å². The lowest BCUT2D eigenvalue weighted by molar-refractivity contribution is 0.623. The minimum Gasteiger partial charge on any atom is -0.300 e. The zero-order valence-electron chi connectivity index (χ0n) is 7.85.